The van der Waals surface area contributed by atoms with Gasteiger partial charge < -0.3 is 9.94 Å². The van der Waals surface area contributed by atoms with E-state index in [-0.39, 0.29) is 12.0 Å². The van der Waals surface area contributed by atoms with Gasteiger partial charge in [-0.05, 0) is 24.7 Å². The second-order valence-corrected chi connectivity index (χ2v) is 5.41. The number of hydrogen-bond donors (Lipinski definition) is 1. The van der Waals surface area contributed by atoms with Crippen molar-refractivity contribution in [3.63, 3.8) is 0 Å². The van der Waals surface area contributed by atoms with E-state index in [1.165, 1.54) is 6.42 Å². The fourth-order valence-corrected chi connectivity index (χ4v) is 2.21. The number of rotatable bonds is 3. The Bertz CT molecular complexity index is 278. The van der Waals surface area contributed by atoms with E-state index >= 15 is 0 Å². The van der Waals surface area contributed by atoms with Crippen LogP contribution in [0.2, 0.25) is 0 Å². The smallest absolute Gasteiger partial charge is 0.344 e. The molecule has 0 heterocycles. The van der Waals surface area contributed by atoms with Crippen LogP contribution in [0.3, 0.4) is 0 Å². The van der Waals surface area contributed by atoms with E-state index in [0.717, 1.165) is 25.0 Å². The molecule has 0 amide bonds. The molecule has 16 heavy (non-hydrogen) atoms. The largest absolute Gasteiger partial charge is 0.479 e. The lowest BCUT2D eigenvalue weighted by atomic mass is 9.71. The van der Waals surface area contributed by atoms with E-state index in [1.807, 2.05) is 0 Å². The van der Waals surface area contributed by atoms with E-state index < -0.39 is 5.97 Å². The first kappa shape index (κ1) is 13.0. The number of aliphatic carboxylic acids is 1. The Morgan fingerprint density at radius 3 is 2.75 bits per heavy atom. The van der Waals surface area contributed by atoms with Crippen molar-refractivity contribution in [3.8, 4) is 0 Å². The molecule has 1 fully saturated rings. The lowest BCUT2D eigenvalue weighted by Gasteiger charge is -2.34. The molecule has 0 bridgehead atoms. The summed E-state index contributed by atoms with van der Waals surface area (Å²) in [6, 6.07) is 0. The molecule has 92 valence electrons. The molecule has 1 aliphatic rings. The lowest BCUT2D eigenvalue weighted by molar-refractivity contribution is -0.142. The fourth-order valence-electron chi connectivity index (χ4n) is 2.21. The molecule has 1 unspecified atom stereocenters. The first-order valence-electron chi connectivity index (χ1n) is 5.82. The van der Waals surface area contributed by atoms with Crippen LogP contribution < -0.4 is 0 Å². The zero-order valence-corrected chi connectivity index (χ0v) is 10.3. The van der Waals surface area contributed by atoms with Gasteiger partial charge >= 0.3 is 5.97 Å². The van der Waals surface area contributed by atoms with Gasteiger partial charge in [-0.1, -0.05) is 32.3 Å². The van der Waals surface area contributed by atoms with Crippen molar-refractivity contribution in [2.75, 3.05) is 6.61 Å². The van der Waals surface area contributed by atoms with Gasteiger partial charge in [-0.25, -0.2) is 4.79 Å². The lowest BCUT2D eigenvalue weighted by Crippen LogP contribution is -2.31. The van der Waals surface area contributed by atoms with Crippen LogP contribution in [0.25, 0.3) is 0 Å². The highest BCUT2D eigenvalue weighted by atomic mass is 16.6. The highest BCUT2D eigenvalue weighted by Gasteiger charge is 2.31. The summed E-state index contributed by atoms with van der Waals surface area (Å²) in [5.74, 6) is -0.567. The predicted octanol–water partition coefficient (Wildman–Crippen LogP) is 2.68. The number of carboxylic acid groups (broad SMARTS) is 1. The predicted molar refractivity (Wildman–Crippen MR) is 62.4 cm³/mol. The molecule has 1 N–H and O–H groups in total. The maximum atomic E-state index is 10.3. The van der Waals surface area contributed by atoms with E-state index in [0.29, 0.717) is 5.92 Å². The molecule has 0 aromatic heterocycles. The Morgan fingerprint density at radius 1 is 1.50 bits per heavy atom. The average molecular weight is 227 g/mol. The summed E-state index contributed by atoms with van der Waals surface area (Å²) in [4.78, 5) is 15.2. The summed E-state index contributed by atoms with van der Waals surface area (Å²) in [6.07, 6.45) is 4.40. The average Bonchev–Trinajstić information content (AvgIpc) is 2.16. The number of carboxylic acids is 1. The van der Waals surface area contributed by atoms with Crippen molar-refractivity contribution in [3.05, 3.63) is 0 Å². The van der Waals surface area contributed by atoms with Crippen LogP contribution >= 0.6 is 0 Å². The summed E-state index contributed by atoms with van der Waals surface area (Å²) in [5.41, 5.74) is 1.20. The van der Waals surface area contributed by atoms with Crippen molar-refractivity contribution < 1.29 is 14.7 Å². The molecular weight excluding hydrogens is 206 g/mol. The standard InChI is InChI=1S/C12H21NO3/c1-12(2,3)9-6-4-5-7-10(9)13-16-8-11(14)15/h9H,4-8H2,1-3H3,(H,14,15). The van der Waals surface area contributed by atoms with Gasteiger partial charge in [0.2, 0.25) is 6.61 Å². The SMILES string of the molecule is CC(C)(C)C1CCCCC1=NOCC(=O)O. The molecule has 1 aliphatic carbocycles. The molecule has 0 aromatic carbocycles. The van der Waals surface area contributed by atoms with Gasteiger partial charge in [0.15, 0.2) is 0 Å². The zero-order valence-electron chi connectivity index (χ0n) is 10.3. The molecule has 1 rings (SSSR count). The molecule has 4 nitrogen and oxygen atoms in total. The third-order valence-electron chi connectivity index (χ3n) is 2.99. The van der Waals surface area contributed by atoms with Crippen molar-refractivity contribution in [2.24, 2.45) is 16.5 Å². The summed E-state index contributed by atoms with van der Waals surface area (Å²) in [5, 5.41) is 12.5. The maximum absolute atomic E-state index is 10.3. The topological polar surface area (TPSA) is 58.9 Å². The number of hydrogen-bond acceptors (Lipinski definition) is 3. The molecule has 0 spiro atoms. The minimum Gasteiger partial charge on any atom is -0.479 e. The Kier molecular flexibility index (Phi) is 4.33. The van der Waals surface area contributed by atoms with Crippen LogP contribution in [0, 0.1) is 11.3 Å². The third-order valence-corrected chi connectivity index (χ3v) is 2.99. The molecule has 0 radical (unpaired) electrons. The van der Waals surface area contributed by atoms with E-state index in [2.05, 4.69) is 25.9 Å². The van der Waals surface area contributed by atoms with E-state index in [9.17, 15) is 4.79 Å². The third kappa shape index (κ3) is 3.83. The van der Waals surface area contributed by atoms with Gasteiger partial charge in [-0.15, -0.1) is 0 Å². The highest BCUT2D eigenvalue weighted by Crippen LogP contribution is 2.36. The zero-order chi connectivity index (χ0) is 12.2. The Balaban J connectivity index is 2.63. The normalized spacial score (nSPS) is 24.4. The van der Waals surface area contributed by atoms with Crippen molar-refractivity contribution in [1.82, 2.24) is 0 Å². The maximum Gasteiger partial charge on any atom is 0.344 e. The summed E-state index contributed by atoms with van der Waals surface area (Å²) < 4.78 is 0. The van der Waals surface area contributed by atoms with Crippen molar-refractivity contribution in [1.29, 1.82) is 0 Å². The van der Waals surface area contributed by atoms with Gasteiger partial charge in [-0.3, -0.25) is 0 Å². The van der Waals surface area contributed by atoms with Crippen LogP contribution in [0.1, 0.15) is 46.5 Å². The number of carbonyl (C=O) groups is 1. The van der Waals surface area contributed by atoms with Crippen LogP contribution in [0.4, 0.5) is 0 Å². The fraction of sp³-hybridized carbons (Fsp3) is 0.833. The van der Waals surface area contributed by atoms with Crippen LogP contribution in [-0.2, 0) is 9.63 Å². The first-order valence-corrected chi connectivity index (χ1v) is 5.82. The molecule has 0 saturated heterocycles. The second kappa shape index (κ2) is 5.32. The second-order valence-electron chi connectivity index (χ2n) is 5.41. The molecular formula is C12H21NO3. The monoisotopic (exact) mass is 227 g/mol. The molecule has 4 heteroatoms. The van der Waals surface area contributed by atoms with Crippen LogP contribution in [-0.4, -0.2) is 23.4 Å². The molecule has 1 saturated carbocycles. The Hall–Kier alpha value is -1.06. The van der Waals surface area contributed by atoms with Crippen LogP contribution in [0.15, 0.2) is 5.16 Å². The van der Waals surface area contributed by atoms with Gasteiger partial charge in [0, 0.05) is 5.92 Å². The van der Waals surface area contributed by atoms with Gasteiger partial charge in [0.25, 0.3) is 0 Å². The molecule has 0 aliphatic heterocycles. The minimum atomic E-state index is -0.979. The van der Waals surface area contributed by atoms with E-state index in [1.54, 1.807) is 0 Å². The first-order chi connectivity index (χ1) is 7.41. The highest BCUT2D eigenvalue weighted by molar-refractivity contribution is 5.87. The minimum absolute atomic E-state index is 0.172. The Labute approximate surface area is 96.7 Å². The number of oxime groups is 1. The molecule has 1 atom stereocenters. The van der Waals surface area contributed by atoms with Gasteiger partial charge in [0.1, 0.15) is 0 Å². The Morgan fingerprint density at radius 2 is 2.19 bits per heavy atom. The summed E-state index contributed by atoms with van der Waals surface area (Å²) in [6.45, 7) is 6.22. The molecule has 0 aromatic rings. The van der Waals surface area contributed by atoms with Crippen molar-refractivity contribution in [2.45, 2.75) is 46.5 Å². The van der Waals surface area contributed by atoms with Crippen LogP contribution in [0.5, 0.6) is 0 Å². The number of nitrogens with zero attached hydrogens (tertiary/aromatic N) is 1. The van der Waals surface area contributed by atoms with Crippen molar-refractivity contribution >= 4 is 11.7 Å². The summed E-state index contributed by atoms with van der Waals surface area (Å²) in [7, 11) is 0. The van der Waals surface area contributed by atoms with Gasteiger partial charge in [-0.2, -0.15) is 0 Å². The van der Waals surface area contributed by atoms with Gasteiger partial charge in [0.05, 0.1) is 5.71 Å². The van der Waals surface area contributed by atoms with E-state index in [4.69, 9.17) is 9.94 Å². The quantitative estimate of drug-likeness (QED) is 0.754. The summed E-state index contributed by atoms with van der Waals surface area (Å²) >= 11 is 0.